The summed E-state index contributed by atoms with van der Waals surface area (Å²) >= 11 is 13.0. The molecule has 0 amide bonds. The van der Waals surface area contributed by atoms with E-state index in [0.29, 0.717) is 56.9 Å². The fourth-order valence-electron chi connectivity index (χ4n) is 6.44. The Labute approximate surface area is 250 Å². The Morgan fingerprint density at radius 2 is 1.88 bits per heavy atom. The molecule has 2 aliphatic carbocycles. The first kappa shape index (κ1) is 28.2. The number of esters is 1. The maximum Gasteiger partial charge on any atom is 0.337 e. The van der Waals surface area contributed by atoms with Crippen LogP contribution in [0.2, 0.25) is 10.0 Å². The Hall–Kier alpha value is -2.91. The molecule has 0 spiro atoms. The van der Waals surface area contributed by atoms with Gasteiger partial charge in [0.25, 0.3) is 0 Å². The van der Waals surface area contributed by atoms with E-state index in [1.807, 2.05) is 31.3 Å². The summed E-state index contributed by atoms with van der Waals surface area (Å²) in [6.45, 7) is 6.95. The summed E-state index contributed by atoms with van der Waals surface area (Å²) in [6.07, 6.45) is 4.48. The predicted octanol–water partition coefficient (Wildman–Crippen LogP) is 6.97. The molecular weight excluding hydrogens is 563 g/mol. The van der Waals surface area contributed by atoms with Crippen molar-refractivity contribution in [1.29, 1.82) is 0 Å². The minimum atomic E-state index is -0.384. The number of benzene rings is 2. The molecule has 6 rings (SSSR count). The van der Waals surface area contributed by atoms with E-state index in [1.54, 1.807) is 12.1 Å². The topological polar surface area (TPSA) is 80.4 Å². The van der Waals surface area contributed by atoms with Crippen molar-refractivity contribution in [1.82, 2.24) is 10.1 Å². The van der Waals surface area contributed by atoms with Crippen LogP contribution in [0.4, 0.5) is 11.4 Å². The molecule has 2 heterocycles. The Morgan fingerprint density at radius 3 is 2.51 bits per heavy atom. The first-order chi connectivity index (χ1) is 19.9. The summed E-state index contributed by atoms with van der Waals surface area (Å²) in [5.41, 5.74) is 4.45. The van der Waals surface area contributed by atoms with Crippen molar-refractivity contribution < 1.29 is 18.8 Å². The largest absolute Gasteiger partial charge is 0.465 e. The molecule has 0 bridgehead atoms. The lowest BCUT2D eigenvalue weighted by molar-refractivity contribution is 0.0370. The third kappa shape index (κ3) is 5.75. The van der Waals surface area contributed by atoms with Crippen LogP contribution < -0.4 is 4.90 Å². The number of methoxy groups -OCH3 is 1. The molecule has 3 aliphatic rings. The standard InChI is InChI=1S/C31H34Cl2N4O4/c1-34-26-13-19(31(38)39-3)9-10-27(26)36(2)17-37-14-20-11-22(12-21(20)15-37)40-16-23-29(35-41-30(23)18-7-8-18)28-24(32)5-4-6-25(28)33/h4-6,9-10,13,18,20-22H,1,7-8,11-12,14-17H2,2-3H3/t20-,21?,22?/m0/s1. The second kappa shape index (κ2) is 11.8. The number of hydrogen-bond acceptors (Lipinski definition) is 8. The molecule has 1 saturated heterocycles. The van der Waals surface area contributed by atoms with Gasteiger partial charge in [0.05, 0.1) is 53.5 Å². The Kier molecular flexibility index (Phi) is 8.10. The van der Waals surface area contributed by atoms with E-state index >= 15 is 0 Å². The number of nitrogens with zero attached hydrogens (tertiary/aromatic N) is 4. The monoisotopic (exact) mass is 596 g/mol. The number of rotatable bonds is 10. The number of anilines is 1. The molecule has 3 atom stereocenters. The molecule has 0 N–H and O–H groups in total. The van der Waals surface area contributed by atoms with Gasteiger partial charge >= 0.3 is 5.97 Å². The lowest BCUT2D eigenvalue weighted by atomic mass is 10.0. The minimum absolute atomic E-state index is 0.198. The van der Waals surface area contributed by atoms with Crippen molar-refractivity contribution in [2.45, 2.75) is 44.3 Å². The van der Waals surface area contributed by atoms with Gasteiger partial charge in [-0.2, -0.15) is 0 Å². The van der Waals surface area contributed by atoms with Crippen LogP contribution in [0.15, 0.2) is 45.9 Å². The van der Waals surface area contributed by atoms with Crippen molar-refractivity contribution in [2.75, 3.05) is 38.8 Å². The predicted molar refractivity (Wildman–Crippen MR) is 161 cm³/mol. The summed E-state index contributed by atoms with van der Waals surface area (Å²) < 4.78 is 17.2. The normalized spacial score (nSPS) is 22.1. The molecule has 41 heavy (non-hydrogen) atoms. The molecule has 1 aliphatic heterocycles. The van der Waals surface area contributed by atoms with Crippen LogP contribution in [0, 0.1) is 11.8 Å². The number of aromatic nitrogens is 1. The Bertz CT molecular complexity index is 1420. The zero-order valence-corrected chi connectivity index (χ0v) is 24.8. The summed E-state index contributed by atoms with van der Waals surface area (Å²) in [6, 6.07) is 10.9. The zero-order chi connectivity index (χ0) is 28.7. The molecule has 3 fully saturated rings. The smallest absolute Gasteiger partial charge is 0.337 e. The van der Waals surface area contributed by atoms with Gasteiger partial charge in [-0.05, 0) is 74.6 Å². The van der Waals surface area contributed by atoms with Gasteiger partial charge in [-0.15, -0.1) is 0 Å². The van der Waals surface area contributed by atoms with Crippen LogP contribution in [0.5, 0.6) is 0 Å². The highest BCUT2D eigenvalue weighted by molar-refractivity contribution is 6.39. The van der Waals surface area contributed by atoms with E-state index in [2.05, 4.69) is 26.7 Å². The van der Waals surface area contributed by atoms with Crippen LogP contribution >= 0.6 is 23.2 Å². The van der Waals surface area contributed by atoms with Crippen molar-refractivity contribution in [2.24, 2.45) is 16.8 Å². The van der Waals surface area contributed by atoms with Gasteiger partial charge in [0.15, 0.2) is 0 Å². The fourth-order valence-corrected chi connectivity index (χ4v) is 7.01. The molecule has 2 saturated carbocycles. The van der Waals surface area contributed by atoms with Crippen LogP contribution in [-0.2, 0) is 16.1 Å². The Balaban J connectivity index is 1.07. The second-order valence-electron chi connectivity index (χ2n) is 11.4. The molecule has 2 unspecified atom stereocenters. The van der Waals surface area contributed by atoms with Gasteiger partial charge in [-0.3, -0.25) is 9.89 Å². The van der Waals surface area contributed by atoms with E-state index in [-0.39, 0.29) is 12.1 Å². The second-order valence-corrected chi connectivity index (χ2v) is 12.2. The summed E-state index contributed by atoms with van der Waals surface area (Å²) in [5, 5.41) is 5.52. The number of ether oxygens (including phenoxy) is 2. The van der Waals surface area contributed by atoms with Gasteiger partial charge in [0.1, 0.15) is 11.5 Å². The van der Waals surface area contributed by atoms with Crippen LogP contribution in [0.3, 0.4) is 0 Å². The van der Waals surface area contributed by atoms with Crippen LogP contribution in [-0.4, -0.2) is 62.8 Å². The highest BCUT2D eigenvalue weighted by Crippen LogP contribution is 2.47. The molecular formula is C31H34Cl2N4O4. The molecule has 0 radical (unpaired) electrons. The summed E-state index contributed by atoms with van der Waals surface area (Å²) in [4.78, 5) is 20.7. The molecule has 10 heteroatoms. The van der Waals surface area contributed by atoms with Gasteiger partial charge in [0.2, 0.25) is 0 Å². The van der Waals surface area contributed by atoms with E-state index in [4.69, 9.17) is 37.2 Å². The highest BCUT2D eigenvalue weighted by atomic mass is 35.5. The van der Waals surface area contributed by atoms with Gasteiger partial charge in [0, 0.05) is 37.2 Å². The minimum Gasteiger partial charge on any atom is -0.465 e. The average Bonchev–Trinajstić information content (AvgIpc) is 3.46. The number of likely N-dealkylation sites (tertiary alicyclic amines) is 1. The first-order valence-electron chi connectivity index (χ1n) is 14.0. The van der Waals surface area contributed by atoms with Crippen LogP contribution in [0.1, 0.15) is 53.3 Å². The molecule has 3 aromatic rings. The molecule has 8 nitrogen and oxygen atoms in total. The number of carbonyl (C=O) groups excluding carboxylic acids is 1. The third-order valence-electron chi connectivity index (χ3n) is 8.60. The Morgan fingerprint density at radius 1 is 1.17 bits per heavy atom. The number of aliphatic imine (C=N–C) groups is 1. The maximum absolute atomic E-state index is 11.9. The lowest BCUT2D eigenvalue weighted by Crippen LogP contribution is -2.35. The number of fused-ring (bicyclic) bond motifs is 1. The van der Waals surface area contributed by atoms with Gasteiger partial charge in [-0.25, -0.2) is 4.79 Å². The van der Waals surface area contributed by atoms with Crippen molar-refractivity contribution >= 4 is 47.3 Å². The quantitative estimate of drug-likeness (QED) is 0.185. The number of hydrogen-bond donors (Lipinski definition) is 0. The number of carbonyl (C=O) groups is 1. The summed E-state index contributed by atoms with van der Waals surface area (Å²) in [7, 11) is 3.42. The van der Waals surface area contributed by atoms with E-state index < -0.39 is 0 Å². The number of halogens is 2. The van der Waals surface area contributed by atoms with Crippen LogP contribution in [0.25, 0.3) is 11.3 Å². The maximum atomic E-state index is 11.9. The van der Waals surface area contributed by atoms with Gasteiger partial charge < -0.3 is 18.9 Å². The molecule has 216 valence electrons. The van der Waals surface area contributed by atoms with Crippen molar-refractivity contribution in [3.05, 3.63) is 63.3 Å². The van der Waals surface area contributed by atoms with Gasteiger partial charge in [-0.1, -0.05) is 34.4 Å². The third-order valence-corrected chi connectivity index (χ3v) is 9.23. The molecule has 2 aromatic carbocycles. The highest BCUT2D eigenvalue weighted by Gasteiger charge is 2.42. The van der Waals surface area contributed by atoms with E-state index in [9.17, 15) is 4.79 Å². The fraction of sp³-hybridized carbons (Fsp3) is 0.452. The van der Waals surface area contributed by atoms with Crippen molar-refractivity contribution in [3.8, 4) is 11.3 Å². The van der Waals surface area contributed by atoms with E-state index in [0.717, 1.165) is 62.5 Å². The first-order valence-corrected chi connectivity index (χ1v) is 14.8. The van der Waals surface area contributed by atoms with Crippen molar-refractivity contribution in [3.63, 3.8) is 0 Å². The lowest BCUT2D eigenvalue weighted by Gasteiger charge is -2.28. The average molecular weight is 598 g/mol. The summed E-state index contributed by atoms with van der Waals surface area (Å²) in [5.74, 6) is 2.12. The zero-order valence-electron chi connectivity index (χ0n) is 23.3. The SMILES string of the molecule is C=Nc1cc(C(=O)OC)ccc1N(C)CN1CC2CC(OCc3c(-c4c(Cl)cccc4Cl)noc3C3CC3)C[C@H]2C1. The van der Waals surface area contributed by atoms with E-state index in [1.165, 1.54) is 7.11 Å². The molecule has 1 aromatic heterocycles.